The average Bonchev–Trinajstić information content (AvgIpc) is 2.75. The van der Waals surface area contributed by atoms with Gasteiger partial charge in [0.05, 0.1) is 12.8 Å². The Bertz CT molecular complexity index is 828. The van der Waals surface area contributed by atoms with Crippen molar-refractivity contribution in [3.05, 3.63) is 22.5 Å². The van der Waals surface area contributed by atoms with Gasteiger partial charge in [-0.3, -0.25) is 13.7 Å². The van der Waals surface area contributed by atoms with Gasteiger partial charge in [0.15, 0.2) is 23.8 Å². The number of nitrogens with two attached hydrogens (primary N) is 1. The summed E-state index contributed by atoms with van der Waals surface area (Å²) in [4.78, 5) is 41.7. The zero-order chi connectivity index (χ0) is 19.9. The third-order valence-electron chi connectivity index (χ3n) is 3.35. The maximum absolute atomic E-state index is 13.5. The molecule has 1 aliphatic heterocycles. The standard InChI is InChI=1S/C10H16FN3O10P2/c11-4-1-14(10(17)13-8(4)12)9-7(16)6(15)5(24-9)2-23-26(21,22)3-25(18,19)20/h1,5-7,9,15-16H,2-3H2,(H,21,22)(H2,12,13,17)(H2,18,19,20)/t5-,6?,7?,9-/m1/s1. The predicted octanol–water partition coefficient (Wildman–Crippen LogP) is -2.08. The number of ether oxygens (including phenoxy) is 1. The van der Waals surface area contributed by atoms with E-state index in [2.05, 4.69) is 9.51 Å². The Kier molecular flexibility index (Phi) is 6.03. The van der Waals surface area contributed by atoms with Gasteiger partial charge in [-0.25, -0.2) is 9.18 Å². The lowest BCUT2D eigenvalue weighted by Crippen LogP contribution is -2.36. The molecule has 2 rings (SSSR count). The number of nitrogens with zero attached hydrogens (tertiary/aromatic N) is 2. The lowest BCUT2D eigenvalue weighted by Gasteiger charge is -2.18. The summed E-state index contributed by atoms with van der Waals surface area (Å²) in [6.45, 7) is -0.845. The first-order valence-corrected chi connectivity index (χ1v) is 10.4. The van der Waals surface area contributed by atoms with Crippen LogP contribution >= 0.6 is 15.2 Å². The van der Waals surface area contributed by atoms with Crippen molar-refractivity contribution in [3.8, 4) is 0 Å². The van der Waals surface area contributed by atoms with E-state index in [9.17, 15) is 33.4 Å². The van der Waals surface area contributed by atoms with Gasteiger partial charge < -0.3 is 39.9 Å². The van der Waals surface area contributed by atoms with Gasteiger partial charge in [-0.05, 0) is 0 Å². The predicted molar refractivity (Wildman–Crippen MR) is 81.5 cm³/mol. The topological polar surface area (TPSA) is 215 Å². The summed E-state index contributed by atoms with van der Waals surface area (Å²) in [6.07, 6.45) is -5.94. The molecule has 1 aliphatic rings. The van der Waals surface area contributed by atoms with E-state index >= 15 is 0 Å². The van der Waals surface area contributed by atoms with E-state index in [-0.39, 0.29) is 0 Å². The molecular weight excluding hydrogens is 403 g/mol. The van der Waals surface area contributed by atoms with Crippen molar-refractivity contribution >= 4 is 21.0 Å². The molecule has 16 heteroatoms. The van der Waals surface area contributed by atoms with Crippen LogP contribution in [0.15, 0.2) is 11.0 Å². The second kappa shape index (κ2) is 7.43. The van der Waals surface area contributed by atoms with Crippen LogP contribution in [0.5, 0.6) is 0 Å². The molecule has 13 nitrogen and oxygen atoms in total. The van der Waals surface area contributed by atoms with Gasteiger partial charge in [-0.1, -0.05) is 0 Å². The lowest BCUT2D eigenvalue weighted by molar-refractivity contribution is -0.0527. The van der Waals surface area contributed by atoms with Crippen molar-refractivity contribution in [1.82, 2.24) is 9.55 Å². The molecule has 148 valence electrons. The Morgan fingerprint density at radius 1 is 1.31 bits per heavy atom. The van der Waals surface area contributed by atoms with E-state index in [1.807, 2.05) is 0 Å². The molecule has 0 aliphatic carbocycles. The summed E-state index contributed by atoms with van der Waals surface area (Å²) >= 11 is 0. The smallest absolute Gasteiger partial charge is 0.351 e. The van der Waals surface area contributed by atoms with E-state index in [0.717, 1.165) is 0 Å². The van der Waals surface area contributed by atoms with Gasteiger partial charge in [-0.15, -0.1) is 0 Å². The maximum atomic E-state index is 13.5. The maximum Gasteiger partial charge on any atom is 0.351 e. The van der Waals surface area contributed by atoms with E-state index in [4.69, 9.17) is 20.3 Å². The number of rotatable bonds is 6. The van der Waals surface area contributed by atoms with Crippen molar-refractivity contribution in [2.24, 2.45) is 0 Å². The minimum atomic E-state index is -4.85. The number of hydrogen-bond donors (Lipinski definition) is 6. The van der Waals surface area contributed by atoms with Crippen LogP contribution in [0.3, 0.4) is 0 Å². The highest BCUT2D eigenvalue weighted by atomic mass is 31.2. The normalized spacial score (nSPS) is 28.8. The highest BCUT2D eigenvalue weighted by Crippen LogP contribution is 2.55. The molecule has 1 aromatic heterocycles. The summed E-state index contributed by atoms with van der Waals surface area (Å²) in [6, 6.07) is 0. The molecule has 3 unspecified atom stereocenters. The van der Waals surface area contributed by atoms with Crippen molar-refractivity contribution < 1.29 is 47.7 Å². The molecule has 1 fully saturated rings. The largest absolute Gasteiger partial charge is 0.387 e. The van der Waals surface area contributed by atoms with Crippen LogP contribution in [0.25, 0.3) is 0 Å². The number of halogens is 1. The number of aromatic nitrogens is 2. The quantitative estimate of drug-likeness (QED) is 0.274. The number of hydrogen-bond acceptors (Lipinski definition) is 9. The molecule has 0 saturated carbocycles. The van der Waals surface area contributed by atoms with Crippen molar-refractivity contribution in [2.45, 2.75) is 24.5 Å². The van der Waals surface area contributed by atoms with Gasteiger partial charge >= 0.3 is 20.9 Å². The fraction of sp³-hybridized carbons (Fsp3) is 0.600. The van der Waals surface area contributed by atoms with Crippen molar-refractivity contribution in [2.75, 3.05) is 18.2 Å². The molecule has 26 heavy (non-hydrogen) atoms. The van der Waals surface area contributed by atoms with Crippen molar-refractivity contribution in [3.63, 3.8) is 0 Å². The second-order valence-corrected chi connectivity index (χ2v) is 9.44. The summed E-state index contributed by atoms with van der Waals surface area (Å²) in [5.74, 6) is -3.23. The van der Waals surface area contributed by atoms with E-state index in [1.54, 1.807) is 0 Å². The monoisotopic (exact) mass is 419 g/mol. The van der Waals surface area contributed by atoms with Gasteiger partial charge in [0.1, 0.15) is 18.3 Å². The van der Waals surface area contributed by atoms with Gasteiger partial charge in [0.25, 0.3) is 0 Å². The molecule has 5 atom stereocenters. The Morgan fingerprint density at radius 2 is 1.92 bits per heavy atom. The van der Waals surface area contributed by atoms with Crippen LogP contribution in [0.2, 0.25) is 0 Å². The molecule has 0 bridgehead atoms. The van der Waals surface area contributed by atoms with Gasteiger partial charge in [0.2, 0.25) is 0 Å². The summed E-state index contributed by atoms with van der Waals surface area (Å²) in [5, 5.41) is 19.9. The first-order chi connectivity index (χ1) is 11.8. The van der Waals surface area contributed by atoms with Crippen LogP contribution in [0.1, 0.15) is 6.23 Å². The van der Waals surface area contributed by atoms with E-state index in [1.165, 1.54) is 0 Å². The Labute approximate surface area is 144 Å². The molecule has 0 spiro atoms. The number of nitrogen functional groups attached to an aromatic ring is 1. The Hall–Kier alpha value is -1.21. The first kappa shape index (κ1) is 21.1. The molecule has 2 heterocycles. The van der Waals surface area contributed by atoms with Crippen LogP contribution < -0.4 is 11.4 Å². The van der Waals surface area contributed by atoms with Crippen molar-refractivity contribution in [1.29, 1.82) is 0 Å². The van der Waals surface area contributed by atoms with E-state index < -0.39 is 69.6 Å². The van der Waals surface area contributed by atoms with Crippen LogP contribution in [0.4, 0.5) is 10.2 Å². The molecule has 7 N–H and O–H groups in total. The second-order valence-electron chi connectivity index (χ2n) is 5.45. The zero-order valence-corrected chi connectivity index (χ0v) is 14.6. The molecule has 1 aromatic rings. The van der Waals surface area contributed by atoms with Crippen LogP contribution in [-0.2, 0) is 18.4 Å². The average molecular weight is 419 g/mol. The summed E-state index contributed by atoms with van der Waals surface area (Å²) in [7, 11) is -9.57. The molecule has 0 amide bonds. The lowest BCUT2D eigenvalue weighted by atomic mass is 10.1. The third-order valence-corrected chi connectivity index (χ3v) is 6.80. The minimum absolute atomic E-state index is 0.522. The summed E-state index contributed by atoms with van der Waals surface area (Å²) < 4.78 is 46.0. The first-order valence-electron chi connectivity index (χ1n) is 6.87. The zero-order valence-electron chi connectivity index (χ0n) is 12.8. The SMILES string of the molecule is Nc1nc(=O)n([C@@H]2O[C@H](COP(=O)(O)CP(=O)(O)O)C(O)C2O)cc1F. The highest BCUT2D eigenvalue weighted by molar-refractivity contribution is 7.70. The minimum Gasteiger partial charge on any atom is -0.387 e. The van der Waals surface area contributed by atoms with E-state index in [0.29, 0.717) is 10.8 Å². The van der Waals surface area contributed by atoms with Crippen LogP contribution in [0, 0.1) is 5.82 Å². The molecule has 0 radical (unpaired) electrons. The Morgan fingerprint density at radius 3 is 2.50 bits per heavy atom. The fourth-order valence-electron chi connectivity index (χ4n) is 2.20. The third kappa shape index (κ3) is 4.94. The highest BCUT2D eigenvalue weighted by Gasteiger charge is 2.45. The molecule has 0 aromatic carbocycles. The van der Waals surface area contributed by atoms with Gasteiger partial charge in [-0.2, -0.15) is 4.98 Å². The number of aliphatic hydroxyl groups is 2. The molecular formula is C10H16FN3O10P2. The molecule has 1 saturated heterocycles. The Balaban J connectivity index is 2.13. The number of aliphatic hydroxyl groups excluding tert-OH is 2. The van der Waals surface area contributed by atoms with Gasteiger partial charge in [0, 0.05) is 0 Å². The summed E-state index contributed by atoms with van der Waals surface area (Å²) in [5.41, 5.74) is 4.04. The fourth-order valence-corrected chi connectivity index (χ4v) is 4.77. The number of anilines is 1. The van der Waals surface area contributed by atoms with Crippen LogP contribution in [-0.4, -0.2) is 65.3 Å².